The van der Waals surface area contributed by atoms with Crippen LogP contribution in [0.25, 0.3) is 17.0 Å². The van der Waals surface area contributed by atoms with Gasteiger partial charge in [0.15, 0.2) is 5.15 Å². The number of H-pyrrole nitrogens is 1. The number of aryl methyl sites for hydroxylation is 1. The molecule has 1 aliphatic heterocycles. The van der Waals surface area contributed by atoms with E-state index in [0.29, 0.717) is 11.7 Å². The lowest BCUT2D eigenvalue weighted by atomic mass is 9.91. The van der Waals surface area contributed by atoms with Gasteiger partial charge < -0.3 is 9.47 Å². The predicted molar refractivity (Wildman–Crippen MR) is 143 cm³/mol. The number of carbonyl (C=O) groups is 1. The summed E-state index contributed by atoms with van der Waals surface area (Å²) < 4.78 is 11.4. The van der Waals surface area contributed by atoms with E-state index in [9.17, 15) is 4.79 Å². The average molecular weight is 528 g/mol. The number of benzene rings is 2. The summed E-state index contributed by atoms with van der Waals surface area (Å²) in [5, 5.41) is 8.41. The molecule has 0 saturated carbocycles. The Morgan fingerprint density at radius 3 is 2.81 bits per heavy atom. The van der Waals surface area contributed by atoms with E-state index in [1.54, 1.807) is 0 Å². The van der Waals surface area contributed by atoms with E-state index >= 15 is 0 Å². The maximum absolute atomic E-state index is 11.9. The van der Waals surface area contributed by atoms with Crippen LogP contribution in [0.2, 0.25) is 5.15 Å². The van der Waals surface area contributed by atoms with Crippen LogP contribution < -0.4 is 4.74 Å². The number of rotatable bonds is 7. The number of fused-ring (bicyclic) bond motifs is 2. The second-order valence-electron chi connectivity index (χ2n) is 10.0. The first-order chi connectivity index (χ1) is 17.3. The smallest absolute Gasteiger partial charge is 0.310 e. The summed E-state index contributed by atoms with van der Waals surface area (Å²) in [5.41, 5.74) is 5.39. The van der Waals surface area contributed by atoms with Crippen LogP contribution in [0.1, 0.15) is 49.5 Å². The summed E-state index contributed by atoms with van der Waals surface area (Å²) in [6.07, 6.45) is 4.65. The number of nitrogens with zero attached hydrogens (tertiary/aromatic N) is 2. The molecule has 1 fully saturated rings. The maximum Gasteiger partial charge on any atom is 0.310 e. The first-order valence-corrected chi connectivity index (χ1v) is 13.2. The summed E-state index contributed by atoms with van der Waals surface area (Å²) in [7, 11) is 1.44. The highest BCUT2D eigenvalue weighted by molar-refractivity contribution is 6.34. The Hall–Kier alpha value is -2.54. The second-order valence-corrected chi connectivity index (χ2v) is 10.8. The molecule has 1 aromatic heterocycles. The zero-order valence-electron chi connectivity index (χ0n) is 20.8. The van der Waals surface area contributed by atoms with Gasteiger partial charge in [0.25, 0.3) is 0 Å². The van der Waals surface area contributed by atoms with Crippen molar-refractivity contribution in [1.82, 2.24) is 15.1 Å². The number of aromatic nitrogens is 2. The Balaban J connectivity index is 1.32. The average Bonchev–Trinajstić information content (AvgIpc) is 3.53. The molecule has 1 aliphatic carbocycles. The van der Waals surface area contributed by atoms with E-state index in [1.165, 1.54) is 23.8 Å². The van der Waals surface area contributed by atoms with E-state index in [0.717, 1.165) is 48.0 Å². The van der Waals surface area contributed by atoms with E-state index < -0.39 is 0 Å². The van der Waals surface area contributed by atoms with Crippen LogP contribution >= 0.6 is 23.2 Å². The molecule has 0 amide bonds. The molecule has 2 aromatic carbocycles. The molecule has 190 valence electrons. The lowest BCUT2D eigenvalue weighted by Gasteiger charge is -2.28. The molecule has 5 rings (SSSR count). The molecule has 3 atom stereocenters. The van der Waals surface area contributed by atoms with Crippen molar-refractivity contribution in [2.24, 2.45) is 11.8 Å². The minimum atomic E-state index is -0.210. The number of methoxy groups -OCH3 is 1. The van der Waals surface area contributed by atoms with Gasteiger partial charge in [-0.25, -0.2) is 0 Å². The van der Waals surface area contributed by atoms with Crippen LogP contribution in [-0.2, 0) is 16.0 Å². The van der Waals surface area contributed by atoms with Crippen molar-refractivity contribution in [3.05, 3.63) is 63.8 Å². The molecular weight excluding hydrogens is 497 g/mol. The van der Waals surface area contributed by atoms with E-state index in [-0.39, 0.29) is 29.4 Å². The zero-order chi connectivity index (χ0) is 25.4. The number of carbonyl (C=O) groups excluding carboxylic acids is 1. The maximum atomic E-state index is 11.9. The van der Waals surface area contributed by atoms with Gasteiger partial charge in [0.1, 0.15) is 17.4 Å². The quantitative estimate of drug-likeness (QED) is 0.219. The number of likely N-dealkylation sites (tertiary alicyclic amines) is 1. The first-order valence-electron chi connectivity index (χ1n) is 12.4. The summed E-state index contributed by atoms with van der Waals surface area (Å²) >= 11 is 13.1. The molecule has 36 heavy (non-hydrogen) atoms. The largest absolute Gasteiger partial charge is 0.485 e. The van der Waals surface area contributed by atoms with Gasteiger partial charge >= 0.3 is 5.97 Å². The molecule has 0 spiro atoms. The molecule has 2 aliphatic rings. The van der Waals surface area contributed by atoms with Gasteiger partial charge in [-0.05, 0) is 71.7 Å². The lowest BCUT2D eigenvalue weighted by molar-refractivity contribution is -0.144. The third-order valence-corrected chi connectivity index (χ3v) is 8.10. The van der Waals surface area contributed by atoms with E-state index in [2.05, 4.69) is 59.3 Å². The zero-order valence-corrected chi connectivity index (χ0v) is 22.3. The van der Waals surface area contributed by atoms with Crippen molar-refractivity contribution in [1.29, 1.82) is 0 Å². The highest BCUT2D eigenvalue weighted by Gasteiger charge is 2.34. The van der Waals surface area contributed by atoms with Gasteiger partial charge in [-0.15, -0.1) is 11.6 Å². The van der Waals surface area contributed by atoms with Crippen molar-refractivity contribution < 1.29 is 14.3 Å². The SMILES string of the molecule is COC(=O)C1CCN(C(Cl)C2=Cc3ccc(OC(c4ccc5[nH]nc(Cl)c5c4)C(C)C)cc3CC2)C1. The van der Waals surface area contributed by atoms with Crippen molar-refractivity contribution in [3.8, 4) is 5.75 Å². The van der Waals surface area contributed by atoms with E-state index in [4.69, 9.17) is 32.7 Å². The highest BCUT2D eigenvalue weighted by atomic mass is 35.5. The number of alkyl halides is 1. The normalized spacial score (nSPS) is 19.7. The van der Waals surface area contributed by atoms with Gasteiger partial charge in [0.2, 0.25) is 0 Å². The molecule has 3 unspecified atom stereocenters. The Morgan fingerprint density at radius 2 is 2.03 bits per heavy atom. The van der Waals surface area contributed by atoms with Crippen molar-refractivity contribution in [3.63, 3.8) is 0 Å². The van der Waals surface area contributed by atoms with Gasteiger partial charge in [-0.3, -0.25) is 14.8 Å². The van der Waals surface area contributed by atoms with Gasteiger partial charge in [-0.1, -0.05) is 43.7 Å². The molecule has 0 radical (unpaired) electrons. The summed E-state index contributed by atoms with van der Waals surface area (Å²) in [4.78, 5) is 14.1. The fourth-order valence-corrected chi connectivity index (χ4v) is 5.80. The number of hydrogen-bond donors (Lipinski definition) is 1. The lowest BCUT2D eigenvalue weighted by Crippen LogP contribution is -2.32. The van der Waals surface area contributed by atoms with Crippen LogP contribution in [0.15, 0.2) is 42.0 Å². The molecule has 0 bridgehead atoms. The van der Waals surface area contributed by atoms with Crippen LogP contribution in [0.3, 0.4) is 0 Å². The fraction of sp³-hybridized carbons (Fsp3) is 0.429. The molecular formula is C28H31Cl2N3O3. The topological polar surface area (TPSA) is 67.4 Å². The number of ether oxygens (including phenoxy) is 2. The van der Waals surface area contributed by atoms with Crippen LogP contribution in [-0.4, -0.2) is 46.8 Å². The number of halogens is 2. The number of aromatic amines is 1. The highest BCUT2D eigenvalue weighted by Crippen LogP contribution is 2.36. The van der Waals surface area contributed by atoms with Crippen molar-refractivity contribution in [2.75, 3.05) is 20.2 Å². The van der Waals surface area contributed by atoms with Crippen LogP contribution in [0, 0.1) is 11.8 Å². The summed E-state index contributed by atoms with van der Waals surface area (Å²) in [5.74, 6) is 0.878. The molecule has 3 aromatic rings. The van der Waals surface area contributed by atoms with Crippen molar-refractivity contribution in [2.45, 2.75) is 44.7 Å². The van der Waals surface area contributed by atoms with Gasteiger partial charge in [-0.2, -0.15) is 5.10 Å². The number of hydrogen-bond acceptors (Lipinski definition) is 5. The minimum absolute atomic E-state index is 0.0911. The minimum Gasteiger partial charge on any atom is -0.485 e. The second kappa shape index (κ2) is 10.4. The third kappa shape index (κ3) is 4.99. The summed E-state index contributed by atoms with van der Waals surface area (Å²) in [6, 6.07) is 12.4. The predicted octanol–water partition coefficient (Wildman–Crippen LogP) is 6.38. The Morgan fingerprint density at radius 1 is 1.19 bits per heavy atom. The van der Waals surface area contributed by atoms with Crippen LogP contribution in [0.4, 0.5) is 0 Å². The monoisotopic (exact) mass is 527 g/mol. The van der Waals surface area contributed by atoms with Crippen LogP contribution in [0.5, 0.6) is 5.75 Å². The first kappa shape index (κ1) is 25.1. The Bertz CT molecular complexity index is 1300. The Kier molecular flexibility index (Phi) is 7.29. The number of nitrogens with one attached hydrogen (secondary N) is 1. The van der Waals surface area contributed by atoms with Gasteiger partial charge in [0.05, 0.1) is 18.5 Å². The number of esters is 1. The molecule has 1 N–H and O–H groups in total. The Labute approximate surface area is 221 Å². The fourth-order valence-electron chi connectivity index (χ4n) is 5.25. The molecule has 1 saturated heterocycles. The third-order valence-electron chi connectivity index (χ3n) is 7.26. The molecule has 8 heteroatoms. The summed E-state index contributed by atoms with van der Waals surface area (Å²) in [6.45, 7) is 5.76. The van der Waals surface area contributed by atoms with E-state index in [1.807, 2.05) is 12.1 Å². The van der Waals surface area contributed by atoms with Crippen molar-refractivity contribution >= 4 is 46.2 Å². The molecule has 6 nitrogen and oxygen atoms in total. The molecule has 2 heterocycles. The standard InChI is InChI=1S/C28H31Cl2N3O3/c1-16(2)25(19-7-9-24-23(14-19)26(29)32-31-24)36-22-8-6-17-12-20(5-4-18(17)13-22)27(30)33-11-10-21(15-33)28(34)35-3/h6-9,12-14,16,21,25,27H,4-5,10-11,15H2,1-3H3,(H,31,32). The van der Waals surface area contributed by atoms with Gasteiger partial charge in [0, 0.05) is 18.5 Å².